The molecule has 0 heterocycles. The summed E-state index contributed by atoms with van der Waals surface area (Å²) in [6.45, 7) is 0.430. The third-order valence-corrected chi connectivity index (χ3v) is 3.74. The first kappa shape index (κ1) is 19.1. The Morgan fingerprint density at radius 3 is 2.36 bits per heavy atom. The van der Waals surface area contributed by atoms with E-state index < -0.39 is 41.5 Å². The maximum Gasteiger partial charge on any atom is 0.244 e. The van der Waals surface area contributed by atoms with Crippen molar-refractivity contribution in [2.45, 2.75) is 6.92 Å². The predicted molar refractivity (Wildman–Crippen MR) is 89.4 cm³/mol. The first-order chi connectivity index (χ1) is 11.7. The van der Waals surface area contributed by atoms with Gasteiger partial charge in [-0.2, -0.15) is 0 Å². The van der Waals surface area contributed by atoms with E-state index in [1.54, 1.807) is 0 Å². The molecule has 0 unspecified atom stereocenters. The van der Waals surface area contributed by atoms with Crippen molar-refractivity contribution in [3.63, 3.8) is 0 Å². The summed E-state index contributed by atoms with van der Waals surface area (Å²) in [6, 6.07) is 5.87. The SMILES string of the molecule is CC(=O)N(CC(=O)Nc1ccc(Cl)cc1Cl)c1ccc(F)c(F)c1F. The second-order valence-corrected chi connectivity index (χ2v) is 5.82. The molecule has 0 radical (unpaired) electrons. The maximum absolute atomic E-state index is 13.9. The summed E-state index contributed by atoms with van der Waals surface area (Å²) in [5, 5.41) is 2.94. The summed E-state index contributed by atoms with van der Waals surface area (Å²) in [6.07, 6.45) is 0. The van der Waals surface area contributed by atoms with E-state index in [1.165, 1.54) is 18.2 Å². The molecule has 0 aromatic heterocycles. The fourth-order valence-corrected chi connectivity index (χ4v) is 2.47. The summed E-state index contributed by atoms with van der Waals surface area (Å²) in [7, 11) is 0. The highest BCUT2D eigenvalue weighted by Gasteiger charge is 2.23. The van der Waals surface area contributed by atoms with Crippen molar-refractivity contribution in [3.05, 3.63) is 57.8 Å². The molecule has 132 valence electrons. The lowest BCUT2D eigenvalue weighted by Gasteiger charge is -2.21. The van der Waals surface area contributed by atoms with Crippen LogP contribution in [0, 0.1) is 17.5 Å². The van der Waals surface area contributed by atoms with E-state index in [1.807, 2.05) is 0 Å². The van der Waals surface area contributed by atoms with Crippen molar-refractivity contribution in [1.82, 2.24) is 0 Å². The van der Waals surface area contributed by atoms with Gasteiger partial charge in [0.1, 0.15) is 6.54 Å². The second-order valence-electron chi connectivity index (χ2n) is 4.97. The van der Waals surface area contributed by atoms with Crippen molar-refractivity contribution in [1.29, 1.82) is 0 Å². The predicted octanol–water partition coefficient (Wildman–Crippen LogP) is 4.40. The van der Waals surface area contributed by atoms with E-state index in [-0.39, 0.29) is 10.7 Å². The van der Waals surface area contributed by atoms with Crippen LogP contribution >= 0.6 is 23.2 Å². The molecule has 2 aromatic rings. The van der Waals surface area contributed by atoms with Gasteiger partial charge >= 0.3 is 0 Å². The van der Waals surface area contributed by atoms with Crippen LogP contribution in [0.2, 0.25) is 10.0 Å². The van der Waals surface area contributed by atoms with Gasteiger partial charge in [0, 0.05) is 11.9 Å². The molecule has 9 heteroatoms. The molecule has 0 saturated carbocycles. The average molecular weight is 391 g/mol. The van der Waals surface area contributed by atoms with E-state index in [2.05, 4.69) is 5.32 Å². The van der Waals surface area contributed by atoms with Crippen LogP contribution in [0.15, 0.2) is 30.3 Å². The van der Waals surface area contributed by atoms with Gasteiger partial charge in [-0.3, -0.25) is 9.59 Å². The third-order valence-electron chi connectivity index (χ3n) is 3.19. The zero-order chi connectivity index (χ0) is 18.7. The molecule has 1 N–H and O–H groups in total. The average Bonchev–Trinajstić information content (AvgIpc) is 2.53. The van der Waals surface area contributed by atoms with Gasteiger partial charge in [0.05, 0.1) is 16.4 Å². The maximum atomic E-state index is 13.9. The van der Waals surface area contributed by atoms with Crippen LogP contribution in [0.4, 0.5) is 24.5 Å². The summed E-state index contributed by atoms with van der Waals surface area (Å²) in [5.41, 5.74) is -0.325. The lowest BCUT2D eigenvalue weighted by atomic mass is 10.2. The standard InChI is InChI=1S/C16H11Cl2F3N2O2/c1-8(24)23(13-5-3-11(19)15(20)16(13)21)7-14(25)22-12-4-2-9(17)6-10(12)18/h2-6H,7H2,1H3,(H,22,25). The fourth-order valence-electron chi connectivity index (χ4n) is 2.01. The highest BCUT2D eigenvalue weighted by atomic mass is 35.5. The molecule has 0 saturated heterocycles. The number of benzene rings is 2. The van der Waals surface area contributed by atoms with Crippen LogP contribution < -0.4 is 10.2 Å². The number of nitrogens with zero attached hydrogens (tertiary/aromatic N) is 1. The lowest BCUT2D eigenvalue weighted by molar-refractivity contribution is -0.120. The number of anilines is 2. The number of halogens is 5. The van der Waals surface area contributed by atoms with Gasteiger partial charge in [-0.1, -0.05) is 23.2 Å². The number of rotatable bonds is 4. The topological polar surface area (TPSA) is 49.4 Å². The third kappa shape index (κ3) is 4.43. The number of carbonyl (C=O) groups excluding carboxylic acids is 2. The molecule has 2 aromatic carbocycles. The Balaban J connectivity index is 2.23. The van der Waals surface area contributed by atoms with Gasteiger partial charge < -0.3 is 10.2 Å². The van der Waals surface area contributed by atoms with Gasteiger partial charge in [0.2, 0.25) is 11.8 Å². The molecular formula is C16H11Cl2F3N2O2. The quantitative estimate of drug-likeness (QED) is 0.786. The highest BCUT2D eigenvalue weighted by Crippen LogP contribution is 2.26. The van der Waals surface area contributed by atoms with Crippen LogP contribution in [-0.4, -0.2) is 18.4 Å². The Bertz CT molecular complexity index is 846. The number of hydrogen-bond acceptors (Lipinski definition) is 2. The van der Waals surface area contributed by atoms with Gasteiger partial charge in [0.25, 0.3) is 0 Å². The zero-order valence-electron chi connectivity index (χ0n) is 12.7. The normalized spacial score (nSPS) is 10.5. The van der Waals surface area contributed by atoms with E-state index in [0.717, 1.165) is 13.0 Å². The lowest BCUT2D eigenvalue weighted by Crippen LogP contribution is -2.37. The van der Waals surface area contributed by atoms with E-state index in [4.69, 9.17) is 23.2 Å². The molecule has 0 spiro atoms. The zero-order valence-corrected chi connectivity index (χ0v) is 14.3. The molecule has 25 heavy (non-hydrogen) atoms. The van der Waals surface area contributed by atoms with Crippen LogP contribution in [0.1, 0.15) is 6.92 Å². The number of hydrogen-bond donors (Lipinski definition) is 1. The van der Waals surface area contributed by atoms with Gasteiger partial charge in [-0.05, 0) is 30.3 Å². The Labute approximate surface area is 151 Å². The molecular weight excluding hydrogens is 380 g/mol. The van der Waals surface area contributed by atoms with Crippen molar-refractivity contribution >= 4 is 46.4 Å². The van der Waals surface area contributed by atoms with E-state index >= 15 is 0 Å². The number of carbonyl (C=O) groups is 2. The van der Waals surface area contributed by atoms with E-state index in [0.29, 0.717) is 16.0 Å². The molecule has 2 rings (SSSR count). The monoisotopic (exact) mass is 390 g/mol. The van der Waals surface area contributed by atoms with Crippen molar-refractivity contribution in [2.75, 3.05) is 16.8 Å². The van der Waals surface area contributed by atoms with Crippen molar-refractivity contribution in [3.8, 4) is 0 Å². The molecule has 0 fully saturated rings. The Hall–Kier alpha value is -2.25. The minimum Gasteiger partial charge on any atom is -0.323 e. The van der Waals surface area contributed by atoms with Crippen LogP contribution in [0.5, 0.6) is 0 Å². The Kier molecular flexibility index (Phi) is 5.92. The Morgan fingerprint density at radius 2 is 1.76 bits per heavy atom. The van der Waals surface area contributed by atoms with Gasteiger partial charge in [-0.25, -0.2) is 13.2 Å². The first-order valence-electron chi connectivity index (χ1n) is 6.87. The molecule has 0 bridgehead atoms. The molecule has 0 aliphatic heterocycles. The van der Waals surface area contributed by atoms with Crippen LogP contribution in [0.25, 0.3) is 0 Å². The fraction of sp³-hybridized carbons (Fsp3) is 0.125. The highest BCUT2D eigenvalue weighted by molar-refractivity contribution is 6.36. The smallest absolute Gasteiger partial charge is 0.244 e. The summed E-state index contributed by atoms with van der Waals surface area (Å²) < 4.78 is 40.3. The summed E-state index contributed by atoms with van der Waals surface area (Å²) in [5.74, 6) is -6.15. The number of nitrogens with one attached hydrogen (secondary N) is 1. The minimum absolute atomic E-state index is 0.161. The second kappa shape index (κ2) is 7.76. The Morgan fingerprint density at radius 1 is 1.08 bits per heavy atom. The van der Waals surface area contributed by atoms with Crippen molar-refractivity contribution in [2.24, 2.45) is 0 Å². The molecule has 4 nitrogen and oxygen atoms in total. The van der Waals surface area contributed by atoms with Crippen LogP contribution in [-0.2, 0) is 9.59 Å². The summed E-state index contributed by atoms with van der Waals surface area (Å²) >= 11 is 11.7. The van der Waals surface area contributed by atoms with Crippen LogP contribution in [0.3, 0.4) is 0 Å². The van der Waals surface area contributed by atoms with Gasteiger partial charge in [0.15, 0.2) is 17.5 Å². The molecule has 0 aliphatic rings. The van der Waals surface area contributed by atoms with Crippen molar-refractivity contribution < 1.29 is 22.8 Å². The summed E-state index contributed by atoms with van der Waals surface area (Å²) in [4.78, 5) is 24.5. The molecule has 0 atom stereocenters. The number of amides is 2. The minimum atomic E-state index is -1.73. The molecule has 2 amide bonds. The largest absolute Gasteiger partial charge is 0.323 e. The molecule has 0 aliphatic carbocycles. The van der Waals surface area contributed by atoms with Gasteiger partial charge in [-0.15, -0.1) is 0 Å². The van der Waals surface area contributed by atoms with E-state index in [9.17, 15) is 22.8 Å². The first-order valence-corrected chi connectivity index (χ1v) is 7.62.